The Morgan fingerprint density at radius 3 is 1.86 bits per heavy atom. The van der Waals surface area contributed by atoms with E-state index in [0.717, 1.165) is 0 Å². The number of hydrogen-bond donors (Lipinski definition) is 0. The van der Waals surface area contributed by atoms with Crippen molar-refractivity contribution < 1.29 is 0 Å². The van der Waals surface area contributed by atoms with E-state index >= 15 is 0 Å². The Balaban J connectivity index is 3.40. The van der Waals surface area contributed by atoms with E-state index < -0.39 is 3.12 Å². The molecule has 0 aliphatic heterocycles. The molecule has 5 heteroatoms. The van der Waals surface area contributed by atoms with Gasteiger partial charge in [-0.05, 0) is 0 Å². The number of rotatable bonds is 0. The first-order valence-corrected chi connectivity index (χ1v) is 3.15. The van der Waals surface area contributed by atoms with Crippen molar-refractivity contribution in [2.45, 2.75) is 3.12 Å². The maximum Gasteiger partial charge on any atom is 0.250 e. The highest BCUT2D eigenvalue weighted by atomic mass is 35.6. The maximum atomic E-state index is 7.86. The van der Waals surface area contributed by atoms with Gasteiger partial charge in [0, 0.05) is 11.8 Å². The molecule has 0 radical (unpaired) electrons. The summed E-state index contributed by atoms with van der Waals surface area (Å²) in [4.78, 5) is 0. The molecule has 0 saturated heterocycles. The van der Waals surface area contributed by atoms with Crippen LogP contribution in [-0.2, 0) is 0 Å². The molecular formula is C2Cl3NS. The number of nitriles is 1. The molecule has 0 N–H and O–H groups in total. The third-order valence-electron chi connectivity index (χ3n) is 0.161. The zero-order chi connectivity index (χ0) is 5.91. The van der Waals surface area contributed by atoms with Gasteiger partial charge in [-0.1, -0.05) is 34.8 Å². The van der Waals surface area contributed by atoms with Gasteiger partial charge in [-0.3, -0.25) is 0 Å². The average Bonchev–Trinajstić information content (AvgIpc) is 1.30. The van der Waals surface area contributed by atoms with Gasteiger partial charge in [-0.2, -0.15) is 5.26 Å². The van der Waals surface area contributed by atoms with Crippen LogP contribution in [0.2, 0.25) is 0 Å². The molecule has 0 spiro atoms. The van der Waals surface area contributed by atoms with Gasteiger partial charge in [0.25, 0.3) is 3.12 Å². The highest BCUT2D eigenvalue weighted by Crippen LogP contribution is 2.37. The second-order valence-electron chi connectivity index (χ2n) is 0.639. The number of alkyl halides is 3. The summed E-state index contributed by atoms with van der Waals surface area (Å²) < 4.78 is -1.48. The van der Waals surface area contributed by atoms with Crippen molar-refractivity contribution in [2.75, 3.05) is 0 Å². The Morgan fingerprint density at radius 2 is 1.86 bits per heavy atom. The van der Waals surface area contributed by atoms with Crippen molar-refractivity contribution in [1.29, 1.82) is 5.26 Å². The van der Waals surface area contributed by atoms with Gasteiger partial charge < -0.3 is 0 Å². The molecule has 7 heavy (non-hydrogen) atoms. The van der Waals surface area contributed by atoms with Gasteiger partial charge in [0.2, 0.25) is 0 Å². The summed E-state index contributed by atoms with van der Waals surface area (Å²) in [7, 11) is 0. The number of hydrogen-bond acceptors (Lipinski definition) is 2. The minimum absolute atomic E-state index is 0.590. The van der Waals surface area contributed by atoms with Crippen LogP contribution in [0.1, 0.15) is 0 Å². The third-order valence-corrected chi connectivity index (χ3v) is 1.18. The Kier molecular flexibility index (Phi) is 3.18. The molecule has 1 nitrogen and oxygen atoms in total. The number of thiocyanates is 1. The minimum atomic E-state index is -1.48. The van der Waals surface area contributed by atoms with Gasteiger partial charge >= 0.3 is 0 Å². The summed E-state index contributed by atoms with van der Waals surface area (Å²) in [5.74, 6) is 0. The van der Waals surface area contributed by atoms with Gasteiger partial charge in [-0.25, -0.2) is 0 Å². The average molecular weight is 176 g/mol. The smallest absolute Gasteiger partial charge is 0.185 e. The van der Waals surface area contributed by atoms with Crippen LogP contribution in [0.3, 0.4) is 0 Å². The lowest BCUT2D eigenvalue weighted by Crippen LogP contribution is -1.88. The molecular weight excluding hydrogens is 176 g/mol. The molecule has 0 heterocycles. The van der Waals surface area contributed by atoms with E-state index in [1.165, 1.54) is 0 Å². The molecule has 0 aliphatic rings. The van der Waals surface area contributed by atoms with Crippen LogP contribution in [0.15, 0.2) is 0 Å². The molecule has 0 aromatic heterocycles. The van der Waals surface area contributed by atoms with E-state index in [4.69, 9.17) is 40.1 Å². The van der Waals surface area contributed by atoms with Crippen LogP contribution < -0.4 is 0 Å². The molecule has 0 amide bonds. The highest BCUT2D eigenvalue weighted by Gasteiger charge is 2.19. The predicted molar refractivity (Wildman–Crippen MR) is 33.5 cm³/mol. The SMILES string of the molecule is N#CSC(Cl)(Cl)Cl. The first-order chi connectivity index (χ1) is 3.06. The summed E-state index contributed by atoms with van der Waals surface area (Å²) in [6.45, 7) is 0. The van der Waals surface area contributed by atoms with Crippen LogP contribution in [0, 0.1) is 10.7 Å². The topological polar surface area (TPSA) is 23.8 Å². The van der Waals surface area contributed by atoms with Crippen molar-refractivity contribution in [1.82, 2.24) is 0 Å². The Labute approximate surface area is 60.5 Å². The van der Waals surface area contributed by atoms with Crippen molar-refractivity contribution in [3.63, 3.8) is 0 Å². The van der Waals surface area contributed by atoms with E-state index in [-0.39, 0.29) is 0 Å². The van der Waals surface area contributed by atoms with Gasteiger partial charge in [0.15, 0.2) is 0 Å². The second-order valence-corrected chi connectivity index (χ2v) is 4.59. The normalized spacial score (nSPS) is 10.6. The fourth-order valence-electron chi connectivity index (χ4n) is 0.0518. The zero-order valence-electron chi connectivity index (χ0n) is 2.99. The molecule has 0 aliphatic carbocycles. The quantitative estimate of drug-likeness (QED) is 0.418. The zero-order valence-corrected chi connectivity index (χ0v) is 6.07. The Hall–Kier alpha value is 0.710. The molecule has 0 fully saturated rings. The standard InChI is InChI=1S/C2Cl3NS/c3-2(4,5)7-1-6. The largest absolute Gasteiger partial charge is 0.250 e. The molecule has 0 aromatic rings. The molecule has 0 saturated carbocycles. The van der Waals surface area contributed by atoms with E-state index in [0.29, 0.717) is 11.8 Å². The van der Waals surface area contributed by atoms with Crippen molar-refractivity contribution in [2.24, 2.45) is 0 Å². The van der Waals surface area contributed by atoms with Gasteiger partial charge in [0.05, 0.1) is 0 Å². The first kappa shape index (κ1) is 7.71. The first-order valence-electron chi connectivity index (χ1n) is 1.20. The summed E-state index contributed by atoms with van der Waals surface area (Å²) in [6.07, 6.45) is 0. The lowest BCUT2D eigenvalue weighted by atomic mass is 11.8. The van der Waals surface area contributed by atoms with E-state index in [1.807, 2.05) is 0 Å². The lowest BCUT2D eigenvalue weighted by Gasteiger charge is -1.99. The molecule has 0 bridgehead atoms. The molecule has 0 atom stereocenters. The Bertz CT molecular complexity index is 90.1. The van der Waals surface area contributed by atoms with Crippen molar-refractivity contribution >= 4 is 46.6 Å². The van der Waals surface area contributed by atoms with Gasteiger partial charge in [0.1, 0.15) is 5.40 Å². The summed E-state index contributed by atoms with van der Waals surface area (Å²) >= 11 is 15.9. The Morgan fingerprint density at radius 1 is 1.43 bits per heavy atom. The van der Waals surface area contributed by atoms with Crippen molar-refractivity contribution in [3.8, 4) is 5.40 Å². The van der Waals surface area contributed by atoms with Crippen LogP contribution >= 0.6 is 46.6 Å². The number of halogens is 3. The van der Waals surface area contributed by atoms with E-state index in [1.54, 1.807) is 5.40 Å². The summed E-state index contributed by atoms with van der Waals surface area (Å²) in [5, 5.41) is 9.49. The molecule has 40 valence electrons. The molecule has 0 rings (SSSR count). The second kappa shape index (κ2) is 2.88. The maximum absolute atomic E-state index is 7.86. The number of nitrogens with zero attached hydrogens (tertiary/aromatic N) is 1. The van der Waals surface area contributed by atoms with E-state index in [9.17, 15) is 0 Å². The van der Waals surface area contributed by atoms with Crippen molar-refractivity contribution in [3.05, 3.63) is 0 Å². The highest BCUT2D eigenvalue weighted by molar-refractivity contribution is 8.08. The van der Waals surface area contributed by atoms with E-state index in [2.05, 4.69) is 0 Å². The third kappa shape index (κ3) is 6.71. The van der Waals surface area contributed by atoms with Gasteiger partial charge in [-0.15, -0.1) is 0 Å². The van der Waals surface area contributed by atoms with Crippen LogP contribution in [-0.4, -0.2) is 3.12 Å². The minimum Gasteiger partial charge on any atom is -0.185 e. The summed E-state index contributed by atoms with van der Waals surface area (Å²) in [6, 6.07) is 0. The molecule has 0 aromatic carbocycles. The van der Waals surface area contributed by atoms with Crippen LogP contribution in [0.5, 0.6) is 0 Å². The fraction of sp³-hybridized carbons (Fsp3) is 0.500. The number of thioether (sulfide) groups is 1. The predicted octanol–water partition coefficient (Wildman–Crippen LogP) is 2.53. The monoisotopic (exact) mass is 175 g/mol. The fourth-order valence-corrected chi connectivity index (χ4v) is 0.466. The molecule has 0 unspecified atom stereocenters. The lowest BCUT2D eigenvalue weighted by molar-refractivity contribution is 1.56. The summed E-state index contributed by atoms with van der Waals surface area (Å²) in [5.41, 5.74) is 0. The van der Waals surface area contributed by atoms with Crippen LogP contribution in [0.25, 0.3) is 0 Å². The van der Waals surface area contributed by atoms with Crippen LogP contribution in [0.4, 0.5) is 0 Å².